The molecule has 0 aliphatic heterocycles. The lowest BCUT2D eigenvalue weighted by atomic mass is 10.1. The van der Waals surface area contributed by atoms with Gasteiger partial charge in [-0.25, -0.2) is 0 Å². The predicted molar refractivity (Wildman–Crippen MR) is 61.1 cm³/mol. The van der Waals surface area contributed by atoms with Gasteiger partial charge in [-0.05, 0) is 12.0 Å². The zero-order valence-electron chi connectivity index (χ0n) is 9.07. The van der Waals surface area contributed by atoms with Crippen molar-refractivity contribution in [2.75, 3.05) is 6.54 Å². The van der Waals surface area contributed by atoms with Gasteiger partial charge in [0.2, 0.25) is 5.91 Å². The Morgan fingerprint density at radius 3 is 2.60 bits per heavy atom. The van der Waals surface area contributed by atoms with Crippen LogP contribution in [0.25, 0.3) is 0 Å². The van der Waals surface area contributed by atoms with Crippen molar-refractivity contribution in [2.24, 2.45) is 11.7 Å². The number of carbonyl (C=O) groups excluding carboxylic acids is 1. The lowest BCUT2D eigenvalue weighted by molar-refractivity contribution is -0.121. The summed E-state index contributed by atoms with van der Waals surface area (Å²) >= 11 is 0. The Morgan fingerprint density at radius 2 is 2.07 bits per heavy atom. The van der Waals surface area contributed by atoms with Crippen LogP contribution in [-0.2, 0) is 11.3 Å². The van der Waals surface area contributed by atoms with E-state index in [1.54, 1.807) is 0 Å². The average Bonchev–Trinajstić information content (AvgIpc) is 2.25. The second kappa shape index (κ2) is 6.19. The lowest BCUT2D eigenvalue weighted by Crippen LogP contribution is -2.32. The van der Waals surface area contributed by atoms with E-state index in [4.69, 9.17) is 5.73 Å². The maximum atomic E-state index is 11.0. The molecule has 1 unspecified atom stereocenters. The van der Waals surface area contributed by atoms with E-state index in [1.807, 2.05) is 25.1 Å². The van der Waals surface area contributed by atoms with Crippen molar-refractivity contribution in [3.8, 4) is 0 Å². The molecule has 1 aromatic rings. The zero-order valence-corrected chi connectivity index (χ0v) is 9.07. The first-order valence-electron chi connectivity index (χ1n) is 5.28. The van der Waals surface area contributed by atoms with Crippen LogP contribution in [-0.4, -0.2) is 12.5 Å². The maximum absolute atomic E-state index is 11.0. The summed E-state index contributed by atoms with van der Waals surface area (Å²) in [5.74, 6) is -0.285. The van der Waals surface area contributed by atoms with Gasteiger partial charge >= 0.3 is 0 Å². The Balaban J connectivity index is 2.30. The molecule has 1 amide bonds. The Morgan fingerprint density at radius 1 is 1.40 bits per heavy atom. The molecular weight excluding hydrogens is 188 g/mol. The molecule has 1 atom stereocenters. The van der Waals surface area contributed by atoms with E-state index in [-0.39, 0.29) is 11.8 Å². The molecule has 3 heteroatoms. The van der Waals surface area contributed by atoms with Gasteiger partial charge in [-0.2, -0.15) is 0 Å². The topological polar surface area (TPSA) is 55.1 Å². The smallest absolute Gasteiger partial charge is 0.221 e. The van der Waals surface area contributed by atoms with Gasteiger partial charge in [-0.15, -0.1) is 0 Å². The van der Waals surface area contributed by atoms with E-state index >= 15 is 0 Å². The number of hydrogen-bond donors (Lipinski definition) is 2. The molecule has 3 N–H and O–H groups in total. The first-order valence-corrected chi connectivity index (χ1v) is 5.28. The summed E-state index contributed by atoms with van der Waals surface area (Å²) in [4.78, 5) is 11.0. The van der Waals surface area contributed by atoms with Gasteiger partial charge in [0.05, 0.1) is 0 Å². The summed E-state index contributed by atoms with van der Waals surface area (Å²) in [7, 11) is 0. The van der Waals surface area contributed by atoms with E-state index in [0.717, 1.165) is 13.0 Å². The highest BCUT2D eigenvalue weighted by Crippen LogP contribution is 2.01. The van der Waals surface area contributed by atoms with Gasteiger partial charge in [0, 0.05) is 19.0 Å². The Bertz CT molecular complexity index is 298. The molecule has 0 heterocycles. The molecule has 1 rings (SSSR count). The summed E-state index contributed by atoms with van der Waals surface area (Å²) in [6.45, 7) is 3.41. The summed E-state index contributed by atoms with van der Waals surface area (Å²) in [6.07, 6.45) is 0.789. The zero-order chi connectivity index (χ0) is 11.1. The van der Waals surface area contributed by atoms with Crippen molar-refractivity contribution in [1.29, 1.82) is 0 Å². The molecule has 0 aromatic heterocycles. The second-order valence-corrected chi connectivity index (χ2v) is 3.62. The van der Waals surface area contributed by atoms with Crippen LogP contribution in [0.4, 0.5) is 0 Å². The molecule has 1 aromatic carbocycles. The standard InChI is InChI=1S/C12H18N2O/c1-2-11(12(13)15)9-14-8-10-6-4-3-5-7-10/h3-7,11,14H,2,8-9H2,1H3,(H2,13,15). The van der Waals surface area contributed by atoms with Crippen LogP contribution in [0.5, 0.6) is 0 Å². The number of nitrogens with two attached hydrogens (primary N) is 1. The summed E-state index contributed by atoms with van der Waals surface area (Å²) < 4.78 is 0. The third-order valence-electron chi connectivity index (χ3n) is 2.46. The van der Waals surface area contributed by atoms with Crippen molar-refractivity contribution < 1.29 is 4.79 Å². The van der Waals surface area contributed by atoms with Crippen molar-refractivity contribution >= 4 is 5.91 Å². The van der Waals surface area contributed by atoms with Gasteiger partial charge in [0.1, 0.15) is 0 Å². The van der Waals surface area contributed by atoms with E-state index in [0.29, 0.717) is 6.54 Å². The Hall–Kier alpha value is -1.35. The largest absolute Gasteiger partial charge is 0.369 e. The Labute approximate surface area is 90.7 Å². The molecule has 0 spiro atoms. The van der Waals surface area contributed by atoms with Crippen LogP contribution in [0.15, 0.2) is 30.3 Å². The van der Waals surface area contributed by atoms with Crippen LogP contribution >= 0.6 is 0 Å². The van der Waals surface area contributed by atoms with Gasteiger partial charge in [-0.3, -0.25) is 4.79 Å². The molecule has 0 saturated heterocycles. The molecule has 0 fully saturated rings. The van der Waals surface area contributed by atoms with Gasteiger partial charge in [0.15, 0.2) is 0 Å². The van der Waals surface area contributed by atoms with Crippen molar-refractivity contribution in [1.82, 2.24) is 5.32 Å². The first kappa shape index (κ1) is 11.7. The fraction of sp³-hybridized carbons (Fsp3) is 0.417. The average molecular weight is 206 g/mol. The van der Waals surface area contributed by atoms with Crippen LogP contribution in [0.3, 0.4) is 0 Å². The first-order chi connectivity index (χ1) is 7.24. The van der Waals surface area contributed by atoms with E-state index in [1.165, 1.54) is 5.56 Å². The van der Waals surface area contributed by atoms with Crippen LogP contribution in [0, 0.1) is 5.92 Å². The van der Waals surface area contributed by atoms with E-state index < -0.39 is 0 Å². The molecule has 3 nitrogen and oxygen atoms in total. The van der Waals surface area contributed by atoms with Crippen LogP contribution < -0.4 is 11.1 Å². The number of primary amides is 1. The lowest BCUT2D eigenvalue weighted by Gasteiger charge is -2.11. The third-order valence-corrected chi connectivity index (χ3v) is 2.46. The van der Waals surface area contributed by atoms with Crippen molar-refractivity contribution in [3.05, 3.63) is 35.9 Å². The minimum atomic E-state index is -0.224. The molecular formula is C12H18N2O. The SMILES string of the molecule is CCC(CNCc1ccccc1)C(N)=O. The van der Waals surface area contributed by atoms with Gasteiger partial charge < -0.3 is 11.1 Å². The number of amides is 1. The molecule has 0 aliphatic rings. The fourth-order valence-electron chi connectivity index (χ4n) is 1.43. The fourth-order valence-corrected chi connectivity index (χ4v) is 1.43. The number of benzene rings is 1. The normalized spacial score (nSPS) is 12.3. The number of hydrogen-bond acceptors (Lipinski definition) is 2. The number of carbonyl (C=O) groups is 1. The minimum Gasteiger partial charge on any atom is -0.369 e. The van der Waals surface area contributed by atoms with Crippen LogP contribution in [0.1, 0.15) is 18.9 Å². The van der Waals surface area contributed by atoms with E-state index in [9.17, 15) is 4.79 Å². The highest BCUT2D eigenvalue weighted by atomic mass is 16.1. The number of rotatable bonds is 6. The van der Waals surface area contributed by atoms with Gasteiger partial charge in [0.25, 0.3) is 0 Å². The molecule has 82 valence electrons. The quantitative estimate of drug-likeness (QED) is 0.737. The molecule has 0 aliphatic carbocycles. The van der Waals surface area contributed by atoms with Gasteiger partial charge in [-0.1, -0.05) is 37.3 Å². The summed E-state index contributed by atoms with van der Waals surface area (Å²) in [6, 6.07) is 10.1. The molecule has 0 saturated carbocycles. The van der Waals surface area contributed by atoms with Crippen molar-refractivity contribution in [2.45, 2.75) is 19.9 Å². The maximum Gasteiger partial charge on any atom is 0.221 e. The van der Waals surface area contributed by atoms with Crippen LogP contribution in [0.2, 0.25) is 0 Å². The molecule has 15 heavy (non-hydrogen) atoms. The highest BCUT2D eigenvalue weighted by Gasteiger charge is 2.11. The van der Waals surface area contributed by atoms with E-state index in [2.05, 4.69) is 17.4 Å². The monoisotopic (exact) mass is 206 g/mol. The Kier molecular flexibility index (Phi) is 4.84. The summed E-state index contributed by atoms with van der Waals surface area (Å²) in [5.41, 5.74) is 6.47. The summed E-state index contributed by atoms with van der Waals surface area (Å²) in [5, 5.41) is 3.23. The predicted octanol–water partition coefficient (Wildman–Crippen LogP) is 1.29. The highest BCUT2D eigenvalue weighted by molar-refractivity contribution is 5.76. The number of nitrogens with one attached hydrogen (secondary N) is 1. The third kappa shape index (κ3) is 4.13. The molecule has 0 bridgehead atoms. The molecule has 0 radical (unpaired) electrons. The minimum absolute atomic E-state index is 0.0614. The second-order valence-electron chi connectivity index (χ2n) is 3.62. The van der Waals surface area contributed by atoms with Crippen molar-refractivity contribution in [3.63, 3.8) is 0 Å².